The van der Waals surface area contributed by atoms with Crippen LogP contribution in [-0.4, -0.2) is 60.6 Å². The van der Waals surface area contributed by atoms with Gasteiger partial charge in [0.1, 0.15) is 5.75 Å². The number of amides is 1. The fourth-order valence-electron chi connectivity index (χ4n) is 3.01. The zero-order chi connectivity index (χ0) is 18.5. The lowest BCUT2D eigenvalue weighted by Crippen LogP contribution is -2.48. The Morgan fingerprint density at radius 2 is 1.65 bits per heavy atom. The number of phenols is 1. The molecule has 1 amide bonds. The smallest absolute Gasteiger partial charge is 0.241 e. The number of anilines is 1. The summed E-state index contributed by atoms with van der Waals surface area (Å²) in [5, 5.41) is 10.1. The summed E-state index contributed by atoms with van der Waals surface area (Å²) >= 11 is 6.00. The molecule has 0 atom stereocenters. The molecule has 3 rings (SSSR count). The summed E-state index contributed by atoms with van der Waals surface area (Å²) < 4.78 is 0. The SMILES string of the molecule is CN1CCN(CC(=O)N(Cc2ccc(O)cc2)c2ccc(Cl)cc2)CC1. The van der Waals surface area contributed by atoms with E-state index in [2.05, 4.69) is 16.8 Å². The van der Waals surface area contributed by atoms with Gasteiger partial charge < -0.3 is 14.9 Å². The van der Waals surface area contributed by atoms with Gasteiger partial charge in [0.2, 0.25) is 5.91 Å². The summed E-state index contributed by atoms with van der Waals surface area (Å²) in [4.78, 5) is 19.3. The largest absolute Gasteiger partial charge is 0.508 e. The Labute approximate surface area is 159 Å². The van der Waals surface area contributed by atoms with Crippen molar-refractivity contribution in [1.29, 1.82) is 0 Å². The van der Waals surface area contributed by atoms with Crippen LogP contribution < -0.4 is 4.90 Å². The van der Waals surface area contributed by atoms with Gasteiger partial charge in [0.05, 0.1) is 13.1 Å². The van der Waals surface area contributed by atoms with Crippen LogP contribution in [0.2, 0.25) is 5.02 Å². The van der Waals surface area contributed by atoms with Crippen LogP contribution in [0.25, 0.3) is 0 Å². The van der Waals surface area contributed by atoms with E-state index < -0.39 is 0 Å². The molecule has 1 N–H and O–H groups in total. The molecule has 26 heavy (non-hydrogen) atoms. The molecular formula is C20H24ClN3O2. The number of hydrogen-bond donors (Lipinski definition) is 1. The molecule has 5 nitrogen and oxygen atoms in total. The maximum absolute atomic E-state index is 13.0. The molecule has 1 aliphatic rings. The van der Waals surface area contributed by atoms with Gasteiger partial charge in [0, 0.05) is 36.9 Å². The first kappa shape index (κ1) is 18.7. The van der Waals surface area contributed by atoms with Gasteiger partial charge in [0.15, 0.2) is 0 Å². The number of hydrogen-bond acceptors (Lipinski definition) is 4. The van der Waals surface area contributed by atoms with Crippen LogP contribution in [0.15, 0.2) is 48.5 Å². The van der Waals surface area contributed by atoms with Gasteiger partial charge in [-0.3, -0.25) is 9.69 Å². The Kier molecular flexibility index (Phi) is 6.14. The molecular weight excluding hydrogens is 350 g/mol. The highest BCUT2D eigenvalue weighted by Gasteiger charge is 2.22. The molecule has 1 heterocycles. The predicted octanol–water partition coefficient (Wildman–Crippen LogP) is 2.83. The normalized spacial score (nSPS) is 15.8. The molecule has 1 aliphatic heterocycles. The van der Waals surface area contributed by atoms with E-state index >= 15 is 0 Å². The molecule has 0 aromatic heterocycles. The second-order valence-corrected chi connectivity index (χ2v) is 7.14. The first-order chi connectivity index (χ1) is 12.5. The maximum Gasteiger partial charge on any atom is 0.241 e. The van der Waals surface area contributed by atoms with E-state index in [1.807, 2.05) is 24.3 Å². The van der Waals surface area contributed by atoms with Crippen molar-refractivity contribution in [1.82, 2.24) is 9.80 Å². The average Bonchev–Trinajstić information content (AvgIpc) is 2.64. The minimum absolute atomic E-state index is 0.0601. The minimum atomic E-state index is 0.0601. The number of benzene rings is 2. The standard InChI is InChI=1S/C20H24ClN3O2/c1-22-10-12-23(13-11-22)15-20(26)24(18-6-4-17(21)5-7-18)14-16-2-8-19(25)9-3-16/h2-9,25H,10-15H2,1H3. The minimum Gasteiger partial charge on any atom is -0.508 e. The number of aromatic hydroxyl groups is 1. The summed E-state index contributed by atoms with van der Waals surface area (Å²) in [7, 11) is 2.10. The fraction of sp³-hybridized carbons (Fsp3) is 0.350. The van der Waals surface area contributed by atoms with Gasteiger partial charge in [-0.15, -0.1) is 0 Å². The number of rotatable bonds is 5. The third-order valence-electron chi connectivity index (χ3n) is 4.67. The van der Waals surface area contributed by atoms with Crippen molar-refractivity contribution in [2.45, 2.75) is 6.54 Å². The van der Waals surface area contributed by atoms with Crippen molar-refractivity contribution in [2.24, 2.45) is 0 Å². The van der Waals surface area contributed by atoms with Crippen LogP contribution >= 0.6 is 11.6 Å². The lowest BCUT2D eigenvalue weighted by Gasteiger charge is -2.33. The van der Waals surface area contributed by atoms with Crippen molar-refractivity contribution >= 4 is 23.2 Å². The van der Waals surface area contributed by atoms with E-state index in [4.69, 9.17) is 11.6 Å². The molecule has 0 saturated carbocycles. The second kappa shape index (κ2) is 8.54. The quantitative estimate of drug-likeness (QED) is 0.875. The van der Waals surface area contributed by atoms with Crippen LogP contribution in [0.1, 0.15) is 5.56 Å². The van der Waals surface area contributed by atoms with E-state index in [1.54, 1.807) is 29.2 Å². The van der Waals surface area contributed by atoms with Crippen LogP contribution in [0.3, 0.4) is 0 Å². The van der Waals surface area contributed by atoms with E-state index in [-0.39, 0.29) is 11.7 Å². The molecule has 0 unspecified atom stereocenters. The Balaban J connectivity index is 1.76. The molecule has 0 radical (unpaired) electrons. The summed E-state index contributed by atoms with van der Waals surface area (Å²) in [5.74, 6) is 0.278. The fourth-order valence-corrected chi connectivity index (χ4v) is 3.14. The number of likely N-dealkylation sites (N-methyl/N-ethyl adjacent to an activating group) is 1. The molecule has 1 saturated heterocycles. The Morgan fingerprint density at radius 1 is 1.04 bits per heavy atom. The average molecular weight is 374 g/mol. The molecule has 0 bridgehead atoms. The highest BCUT2D eigenvalue weighted by molar-refractivity contribution is 6.30. The summed E-state index contributed by atoms with van der Waals surface area (Å²) in [6.45, 7) is 4.60. The number of phenolic OH excluding ortho intramolecular Hbond substituents is 1. The topological polar surface area (TPSA) is 47.0 Å². The van der Waals surface area contributed by atoms with Crippen molar-refractivity contribution < 1.29 is 9.90 Å². The summed E-state index contributed by atoms with van der Waals surface area (Å²) in [6, 6.07) is 14.3. The molecule has 2 aromatic carbocycles. The Morgan fingerprint density at radius 3 is 2.27 bits per heavy atom. The number of nitrogens with zero attached hydrogens (tertiary/aromatic N) is 3. The van der Waals surface area contributed by atoms with Crippen LogP contribution in [-0.2, 0) is 11.3 Å². The zero-order valence-electron chi connectivity index (χ0n) is 14.9. The molecule has 138 valence electrons. The van der Waals surface area contributed by atoms with Gasteiger partial charge in [0.25, 0.3) is 0 Å². The number of piperazine rings is 1. The lowest BCUT2D eigenvalue weighted by molar-refractivity contribution is -0.120. The maximum atomic E-state index is 13.0. The van der Waals surface area contributed by atoms with E-state index in [9.17, 15) is 9.90 Å². The molecule has 0 aliphatic carbocycles. The van der Waals surface area contributed by atoms with Crippen molar-refractivity contribution in [3.8, 4) is 5.75 Å². The van der Waals surface area contributed by atoms with E-state index in [1.165, 1.54) is 0 Å². The molecule has 6 heteroatoms. The third kappa shape index (κ3) is 4.97. The molecule has 0 spiro atoms. The molecule has 2 aromatic rings. The predicted molar refractivity (Wildman–Crippen MR) is 105 cm³/mol. The lowest BCUT2D eigenvalue weighted by atomic mass is 10.1. The van der Waals surface area contributed by atoms with Crippen molar-refractivity contribution in [3.63, 3.8) is 0 Å². The number of carbonyl (C=O) groups excluding carboxylic acids is 1. The van der Waals surface area contributed by atoms with Crippen LogP contribution in [0.4, 0.5) is 5.69 Å². The zero-order valence-corrected chi connectivity index (χ0v) is 15.7. The van der Waals surface area contributed by atoms with Gasteiger partial charge in [-0.2, -0.15) is 0 Å². The second-order valence-electron chi connectivity index (χ2n) is 6.70. The van der Waals surface area contributed by atoms with Gasteiger partial charge in [-0.05, 0) is 49.0 Å². The molecule has 1 fully saturated rings. The Bertz CT molecular complexity index is 726. The first-order valence-electron chi connectivity index (χ1n) is 8.76. The van der Waals surface area contributed by atoms with Crippen LogP contribution in [0.5, 0.6) is 5.75 Å². The number of carbonyl (C=O) groups is 1. The van der Waals surface area contributed by atoms with Crippen molar-refractivity contribution in [2.75, 3.05) is 44.7 Å². The third-order valence-corrected chi connectivity index (χ3v) is 4.92. The highest BCUT2D eigenvalue weighted by Crippen LogP contribution is 2.22. The van der Waals surface area contributed by atoms with E-state index in [0.717, 1.165) is 37.4 Å². The first-order valence-corrected chi connectivity index (χ1v) is 9.14. The Hall–Kier alpha value is -2.08. The monoisotopic (exact) mass is 373 g/mol. The van der Waals surface area contributed by atoms with Gasteiger partial charge >= 0.3 is 0 Å². The summed E-state index contributed by atoms with van der Waals surface area (Å²) in [6.07, 6.45) is 0. The van der Waals surface area contributed by atoms with Gasteiger partial charge in [-0.25, -0.2) is 0 Å². The van der Waals surface area contributed by atoms with Crippen LogP contribution in [0, 0.1) is 0 Å². The summed E-state index contributed by atoms with van der Waals surface area (Å²) in [5.41, 5.74) is 1.78. The van der Waals surface area contributed by atoms with Crippen molar-refractivity contribution in [3.05, 3.63) is 59.1 Å². The number of halogens is 1. The van der Waals surface area contributed by atoms with Gasteiger partial charge in [-0.1, -0.05) is 23.7 Å². The highest BCUT2D eigenvalue weighted by atomic mass is 35.5. The van der Waals surface area contributed by atoms with E-state index in [0.29, 0.717) is 18.1 Å².